The quantitative estimate of drug-likeness (QED) is 0.212. The van der Waals surface area contributed by atoms with E-state index in [0.717, 1.165) is 22.3 Å². The van der Waals surface area contributed by atoms with Crippen LogP contribution in [0.1, 0.15) is 28.8 Å². The summed E-state index contributed by atoms with van der Waals surface area (Å²) >= 11 is 2.11. The number of carbonyl (C=O) groups is 2. The SMILES string of the molecule is COc1cc(/C=N\NC(=O)c2ccc(N3CCCC3)cc2)cc(I)c1OCC(=O)Nc1ccccc1. The van der Waals surface area contributed by atoms with Gasteiger partial charge in [0.1, 0.15) is 0 Å². The highest BCUT2D eigenvalue weighted by molar-refractivity contribution is 14.1. The van der Waals surface area contributed by atoms with Crippen LogP contribution >= 0.6 is 22.6 Å². The molecule has 0 radical (unpaired) electrons. The number of ether oxygens (including phenoxy) is 2. The monoisotopic (exact) mass is 598 g/mol. The molecule has 0 saturated carbocycles. The third-order valence-corrected chi connectivity index (χ3v) is 6.44. The Hall–Kier alpha value is -3.60. The summed E-state index contributed by atoms with van der Waals surface area (Å²) < 4.78 is 11.9. The van der Waals surface area contributed by atoms with Gasteiger partial charge in [-0.1, -0.05) is 18.2 Å². The Kier molecular flexibility index (Phi) is 8.77. The minimum absolute atomic E-state index is 0.165. The average Bonchev–Trinajstić information content (AvgIpc) is 3.43. The van der Waals surface area contributed by atoms with Crippen LogP contribution in [0.2, 0.25) is 0 Å². The molecule has 1 fully saturated rings. The molecule has 9 heteroatoms. The molecule has 2 amide bonds. The van der Waals surface area contributed by atoms with Gasteiger partial charge in [-0.05, 0) is 89.5 Å². The molecular weight excluding hydrogens is 571 g/mol. The van der Waals surface area contributed by atoms with Gasteiger partial charge >= 0.3 is 0 Å². The fourth-order valence-corrected chi connectivity index (χ4v) is 4.62. The van der Waals surface area contributed by atoms with E-state index < -0.39 is 0 Å². The van der Waals surface area contributed by atoms with Crippen molar-refractivity contribution in [1.82, 2.24) is 5.43 Å². The number of nitrogens with one attached hydrogen (secondary N) is 2. The van der Waals surface area contributed by atoms with Crippen molar-refractivity contribution in [2.24, 2.45) is 5.10 Å². The summed E-state index contributed by atoms with van der Waals surface area (Å²) in [5.41, 5.74) is 5.64. The number of halogens is 1. The van der Waals surface area contributed by atoms with E-state index in [-0.39, 0.29) is 18.4 Å². The molecule has 8 nitrogen and oxygen atoms in total. The number of hydrogen-bond acceptors (Lipinski definition) is 6. The lowest BCUT2D eigenvalue weighted by Gasteiger charge is -2.17. The van der Waals surface area contributed by atoms with Crippen molar-refractivity contribution in [3.63, 3.8) is 0 Å². The number of hydrogen-bond donors (Lipinski definition) is 2. The molecular formula is C27H27IN4O4. The summed E-state index contributed by atoms with van der Waals surface area (Å²) in [5, 5.41) is 6.86. The number of rotatable bonds is 9. The van der Waals surface area contributed by atoms with Gasteiger partial charge < -0.3 is 19.7 Å². The Bertz CT molecular complexity index is 1230. The zero-order valence-corrected chi connectivity index (χ0v) is 22.0. The molecule has 36 heavy (non-hydrogen) atoms. The van der Waals surface area contributed by atoms with Gasteiger partial charge in [0, 0.05) is 30.0 Å². The van der Waals surface area contributed by atoms with Crippen LogP contribution in [0.4, 0.5) is 11.4 Å². The molecule has 1 saturated heterocycles. The van der Waals surface area contributed by atoms with Gasteiger partial charge in [-0.2, -0.15) is 5.10 Å². The molecule has 0 aromatic heterocycles. The number of methoxy groups -OCH3 is 1. The van der Waals surface area contributed by atoms with Crippen LogP contribution in [0.3, 0.4) is 0 Å². The minimum atomic E-state index is -0.287. The molecule has 0 spiro atoms. The third kappa shape index (κ3) is 6.75. The number of amides is 2. The zero-order chi connectivity index (χ0) is 25.3. The number of para-hydroxylation sites is 1. The number of hydrazone groups is 1. The van der Waals surface area contributed by atoms with E-state index >= 15 is 0 Å². The maximum atomic E-state index is 12.5. The van der Waals surface area contributed by atoms with Crippen molar-refractivity contribution >= 4 is 52.0 Å². The van der Waals surface area contributed by atoms with Crippen LogP contribution < -0.4 is 25.1 Å². The highest BCUT2D eigenvalue weighted by Gasteiger charge is 2.15. The first-order valence-corrected chi connectivity index (χ1v) is 12.6. The van der Waals surface area contributed by atoms with Gasteiger partial charge in [0.2, 0.25) is 0 Å². The molecule has 0 aliphatic carbocycles. The third-order valence-electron chi connectivity index (χ3n) is 5.64. The van der Waals surface area contributed by atoms with E-state index in [2.05, 4.69) is 43.3 Å². The van der Waals surface area contributed by atoms with Gasteiger partial charge in [-0.15, -0.1) is 0 Å². The lowest BCUT2D eigenvalue weighted by atomic mass is 10.2. The van der Waals surface area contributed by atoms with Gasteiger partial charge in [-0.3, -0.25) is 9.59 Å². The normalized spacial score (nSPS) is 13.0. The maximum Gasteiger partial charge on any atom is 0.271 e. The van der Waals surface area contributed by atoms with Crippen LogP contribution in [0.5, 0.6) is 11.5 Å². The molecule has 1 heterocycles. The zero-order valence-electron chi connectivity index (χ0n) is 19.9. The Morgan fingerprint density at radius 3 is 2.47 bits per heavy atom. The van der Waals surface area contributed by atoms with E-state index in [4.69, 9.17) is 9.47 Å². The minimum Gasteiger partial charge on any atom is -0.493 e. The molecule has 0 atom stereocenters. The predicted molar refractivity (Wildman–Crippen MR) is 149 cm³/mol. The maximum absolute atomic E-state index is 12.5. The van der Waals surface area contributed by atoms with Gasteiger partial charge in [-0.25, -0.2) is 5.43 Å². The molecule has 3 aromatic carbocycles. The Balaban J connectivity index is 1.34. The first kappa shape index (κ1) is 25.5. The second kappa shape index (κ2) is 12.4. The smallest absolute Gasteiger partial charge is 0.271 e. The van der Waals surface area contributed by atoms with Crippen LogP contribution in [0.25, 0.3) is 0 Å². The number of anilines is 2. The second-order valence-electron chi connectivity index (χ2n) is 8.18. The first-order valence-electron chi connectivity index (χ1n) is 11.6. The summed E-state index contributed by atoms with van der Waals surface area (Å²) in [6.07, 6.45) is 3.95. The molecule has 4 rings (SSSR count). The summed E-state index contributed by atoms with van der Waals surface area (Å²) in [5.74, 6) is 0.353. The number of benzene rings is 3. The van der Waals surface area contributed by atoms with Crippen molar-refractivity contribution in [1.29, 1.82) is 0 Å². The lowest BCUT2D eigenvalue weighted by Crippen LogP contribution is -2.20. The standard InChI is InChI=1S/C27H27IN4O4/c1-35-24-16-19(15-23(28)26(24)36-18-25(33)30-21-7-3-2-4-8-21)17-29-31-27(34)20-9-11-22(12-10-20)32-13-5-6-14-32/h2-4,7-12,15-17H,5-6,13-14,18H2,1H3,(H,30,33)(H,31,34)/b29-17-. The van der Waals surface area contributed by atoms with Crippen molar-refractivity contribution in [3.8, 4) is 11.5 Å². The van der Waals surface area contributed by atoms with E-state index in [1.165, 1.54) is 26.2 Å². The lowest BCUT2D eigenvalue weighted by molar-refractivity contribution is -0.118. The Morgan fingerprint density at radius 2 is 1.78 bits per heavy atom. The van der Waals surface area contributed by atoms with E-state index in [1.54, 1.807) is 18.2 Å². The van der Waals surface area contributed by atoms with Crippen molar-refractivity contribution in [2.75, 3.05) is 37.0 Å². The van der Waals surface area contributed by atoms with Crippen LogP contribution in [0, 0.1) is 3.57 Å². The molecule has 2 N–H and O–H groups in total. The van der Waals surface area contributed by atoms with E-state index in [9.17, 15) is 9.59 Å². The van der Waals surface area contributed by atoms with Gasteiger partial charge in [0.05, 0.1) is 16.9 Å². The van der Waals surface area contributed by atoms with Crippen molar-refractivity contribution in [3.05, 3.63) is 81.4 Å². The highest BCUT2D eigenvalue weighted by Crippen LogP contribution is 2.33. The van der Waals surface area contributed by atoms with Crippen molar-refractivity contribution in [2.45, 2.75) is 12.8 Å². The van der Waals surface area contributed by atoms with Gasteiger partial charge in [0.25, 0.3) is 11.8 Å². The average molecular weight is 598 g/mol. The Labute approximate surface area is 223 Å². The first-order chi connectivity index (χ1) is 17.5. The summed E-state index contributed by atoms with van der Waals surface area (Å²) in [7, 11) is 1.52. The molecule has 0 bridgehead atoms. The molecule has 1 aliphatic heterocycles. The largest absolute Gasteiger partial charge is 0.493 e. The number of carbonyl (C=O) groups excluding carboxylic acids is 2. The summed E-state index contributed by atoms with van der Waals surface area (Å²) in [6, 6.07) is 20.3. The second-order valence-corrected chi connectivity index (χ2v) is 9.34. The van der Waals surface area contributed by atoms with Crippen LogP contribution in [-0.2, 0) is 4.79 Å². The van der Waals surface area contributed by atoms with Crippen LogP contribution in [0.15, 0.2) is 71.8 Å². The number of nitrogens with zero attached hydrogens (tertiary/aromatic N) is 2. The fraction of sp³-hybridized carbons (Fsp3) is 0.222. The fourth-order valence-electron chi connectivity index (χ4n) is 3.84. The van der Waals surface area contributed by atoms with E-state index in [1.807, 2.05) is 48.5 Å². The molecule has 186 valence electrons. The topological polar surface area (TPSA) is 92.3 Å². The van der Waals surface area contributed by atoms with Crippen LogP contribution in [-0.4, -0.2) is 44.8 Å². The predicted octanol–water partition coefficient (Wildman–Crippen LogP) is 4.68. The van der Waals surface area contributed by atoms with Crippen molar-refractivity contribution < 1.29 is 19.1 Å². The molecule has 0 unspecified atom stereocenters. The summed E-state index contributed by atoms with van der Waals surface area (Å²) in [4.78, 5) is 27.0. The van der Waals surface area contributed by atoms with E-state index in [0.29, 0.717) is 28.3 Å². The molecule has 1 aliphatic rings. The Morgan fingerprint density at radius 1 is 1.06 bits per heavy atom. The molecule has 3 aromatic rings. The summed E-state index contributed by atoms with van der Waals surface area (Å²) in [6.45, 7) is 1.95. The van der Waals surface area contributed by atoms with Gasteiger partial charge in [0.15, 0.2) is 18.1 Å². The highest BCUT2D eigenvalue weighted by atomic mass is 127.